The second-order valence-electron chi connectivity index (χ2n) is 5.93. The minimum atomic E-state index is 0.0154. The maximum Gasteiger partial charge on any atom is 0.249 e. The van der Waals surface area contributed by atoms with Gasteiger partial charge < -0.3 is 10.6 Å². The van der Waals surface area contributed by atoms with Crippen LogP contribution < -0.4 is 10.6 Å². The van der Waals surface area contributed by atoms with Crippen molar-refractivity contribution in [3.8, 4) is 0 Å². The van der Waals surface area contributed by atoms with Crippen molar-refractivity contribution >= 4 is 28.9 Å². The second-order valence-corrected chi connectivity index (χ2v) is 5.93. The van der Waals surface area contributed by atoms with E-state index in [0.29, 0.717) is 17.3 Å². The Labute approximate surface area is 146 Å². The Bertz CT molecular complexity index is 903. The zero-order valence-electron chi connectivity index (χ0n) is 14.4. The van der Waals surface area contributed by atoms with Gasteiger partial charge in [0, 0.05) is 16.9 Å². The molecule has 3 rings (SSSR count). The molecule has 0 spiro atoms. The zero-order valence-corrected chi connectivity index (χ0v) is 14.4. The fourth-order valence-electron chi connectivity index (χ4n) is 2.56. The van der Waals surface area contributed by atoms with Gasteiger partial charge in [-0.1, -0.05) is 18.2 Å². The fraction of sp³-hybridized carbons (Fsp3) is 0.158. The minimum absolute atomic E-state index is 0.0154. The summed E-state index contributed by atoms with van der Waals surface area (Å²) in [6, 6.07) is 13.4. The van der Waals surface area contributed by atoms with Crippen molar-refractivity contribution in [2.75, 3.05) is 10.6 Å². The number of aryl methyl sites for hydroxylation is 2. The molecule has 0 aliphatic carbocycles. The quantitative estimate of drug-likeness (QED) is 0.682. The fourth-order valence-corrected chi connectivity index (χ4v) is 2.56. The van der Waals surface area contributed by atoms with Gasteiger partial charge >= 0.3 is 0 Å². The Hall–Kier alpha value is -3.28. The summed E-state index contributed by atoms with van der Waals surface area (Å²) in [5.41, 5.74) is 4.64. The molecule has 2 N–H and O–H groups in total. The van der Waals surface area contributed by atoms with Crippen LogP contribution in [-0.4, -0.2) is 21.0 Å². The van der Waals surface area contributed by atoms with E-state index >= 15 is 0 Å². The van der Waals surface area contributed by atoms with Gasteiger partial charge in [-0.25, -0.2) is 0 Å². The molecule has 0 atom stereocenters. The largest absolute Gasteiger partial charge is 0.339 e. The number of nitrogens with one attached hydrogen (secondary N) is 2. The van der Waals surface area contributed by atoms with Gasteiger partial charge in [0.25, 0.3) is 0 Å². The van der Waals surface area contributed by atoms with Gasteiger partial charge in [-0.3, -0.25) is 4.79 Å². The molecule has 0 saturated carbocycles. The number of anilines is 4. The SMILES string of the molecule is CC(=O)c1cccc(Nc2cnnc(Nc3cc(C)cc(C)c3)n2)c1. The molecule has 3 aromatic rings. The number of carbonyl (C=O) groups excluding carboxylic acids is 1. The normalized spacial score (nSPS) is 10.4. The first-order valence-corrected chi connectivity index (χ1v) is 7.93. The molecule has 1 aromatic heterocycles. The smallest absolute Gasteiger partial charge is 0.249 e. The summed E-state index contributed by atoms with van der Waals surface area (Å²) in [7, 11) is 0. The van der Waals surface area contributed by atoms with Crippen molar-refractivity contribution in [3.63, 3.8) is 0 Å². The van der Waals surface area contributed by atoms with Crippen LogP contribution in [0.2, 0.25) is 0 Å². The molecule has 126 valence electrons. The minimum Gasteiger partial charge on any atom is -0.339 e. The summed E-state index contributed by atoms with van der Waals surface area (Å²) in [5, 5.41) is 14.3. The Kier molecular flexibility index (Phi) is 4.70. The van der Waals surface area contributed by atoms with Crippen LogP contribution in [0, 0.1) is 13.8 Å². The summed E-state index contributed by atoms with van der Waals surface area (Å²) in [6.07, 6.45) is 1.53. The van der Waals surface area contributed by atoms with Crippen molar-refractivity contribution in [1.82, 2.24) is 15.2 Å². The third-order valence-electron chi connectivity index (χ3n) is 3.58. The van der Waals surface area contributed by atoms with Crippen LogP contribution in [0.25, 0.3) is 0 Å². The lowest BCUT2D eigenvalue weighted by molar-refractivity contribution is 0.101. The number of ketones is 1. The van der Waals surface area contributed by atoms with E-state index in [4.69, 9.17) is 0 Å². The summed E-state index contributed by atoms with van der Waals surface area (Å²) in [4.78, 5) is 15.9. The molecule has 2 aromatic carbocycles. The van der Waals surface area contributed by atoms with Crippen LogP contribution >= 0.6 is 0 Å². The highest BCUT2D eigenvalue weighted by Crippen LogP contribution is 2.19. The number of aromatic nitrogens is 3. The van der Waals surface area contributed by atoms with E-state index in [1.807, 2.05) is 38.1 Å². The maximum atomic E-state index is 11.5. The Balaban J connectivity index is 1.79. The number of rotatable bonds is 5. The average Bonchev–Trinajstić information content (AvgIpc) is 2.54. The van der Waals surface area contributed by atoms with E-state index in [0.717, 1.165) is 22.5 Å². The lowest BCUT2D eigenvalue weighted by Gasteiger charge is -2.09. The highest BCUT2D eigenvalue weighted by Gasteiger charge is 2.05. The van der Waals surface area contributed by atoms with E-state index < -0.39 is 0 Å². The molecule has 0 unspecified atom stereocenters. The average molecular weight is 333 g/mol. The van der Waals surface area contributed by atoms with E-state index in [1.165, 1.54) is 13.1 Å². The van der Waals surface area contributed by atoms with Gasteiger partial charge in [-0.05, 0) is 56.2 Å². The molecule has 0 amide bonds. The van der Waals surface area contributed by atoms with Crippen LogP contribution in [0.5, 0.6) is 0 Å². The molecule has 25 heavy (non-hydrogen) atoms. The van der Waals surface area contributed by atoms with Crippen molar-refractivity contribution < 1.29 is 4.79 Å². The molecule has 6 heteroatoms. The first-order valence-electron chi connectivity index (χ1n) is 7.93. The molecule has 0 saturated heterocycles. The third kappa shape index (κ3) is 4.38. The number of hydrogen-bond donors (Lipinski definition) is 2. The standard InChI is InChI=1S/C19H19N5O/c1-12-7-13(2)9-17(8-12)22-19-23-18(11-20-24-19)21-16-6-4-5-15(10-16)14(3)25/h4-11H,1-3H3,(H2,21,22,23,24). The second kappa shape index (κ2) is 7.09. The summed E-state index contributed by atoms with van der Waals surface area (Å²) < 4.78 is 0. The first kappa shape index (κ1) is 16.6. The maximum absolute atomic E-state index is 11.5. The van der Waals surface area contributed by atoms with E-state index in [1.54, 1.807) is 12.1 Å². The highest BCUT2D eigenvalue weighted by atomic mass is 16.1. The predicted octanol–water partition coefficient (Wildman–Crippen LogP) is 4.18. The van der Waals surface area contributed by atoms with Gasteiger partial charge in [-0.15, -0.1) is 5.10 Å². The summed E-state index contributed by atoms with van der Waals surface area (Å²) in [5.74, 6) is 0.960. The van der Waals surface area contributed by atoms with Crippen molar-refractivity contribution in [2.45, 2.75) is 20.8 Å². The Morgan fingerprint density at radius 2 is 1.72 bits per heavy atom. The van der Waals surface area contributed by atoms with E-state index in [-0.39, 0.29) is 5.78 Å². The van der Waals surface area contributed by atoms with Crippen LogP contribution in [0.15, 0.2) is 48.7 Å². The molecular formula is C19H19N5O. The number of benzene rings is 2. The van der Waals surface area contributed by atoms with Gasteiger partial charge in [0.1, 0.15) is 0 Å². The van der Waals surface area contributed by atoms with Crippen LogP contribution in [0.4, 0.5) is 23.1 Å². The van der Waals surface area contributed by atoms with E-state index in [9.17, 15) is 4.79 Å². The monoisotopic (exact) mass is 333 g/mol. The molecule has 6 nitrogen and oxygen atoms in total. The lowest BCUT2D eigenvalue weighted by Crippen LogP contribution is -2.03. The van der Waals surface area contributed by atoms with Crippen LogP contribution in [-0.2, 0) is 0 Å². The molecule has 1 heterocycles. The number of nitrogens with zero attached hydrogens (tertiary/aromatic N) is 3. The Morgan fingerprint density at radius 3 is 2.44 bits per heavy atom. The molecule has 0 radical (unpaired) electrons. The van der Waals surface area contributed by atoms with Gasteiger partial charge in [0.05, 0.1) is 6.20 Å². The first-order chi connectivity index (χ1) is 12.0. The molecular weight excluding hydrogens is 314 g/mol. The van der Waals surface area contributed by atoms with Gasteiger partial charge in [0.15, 0.2) is 11.6 Å². The summed E-state index contributed by atoms with van der Waals surface area (Å²) >= 11 is 0. The molecule has 0 aliphatic heterocycles. The molecule has 0 fully saturated rings. The third-order valence-corrected chi connectivity index (χ3v) is 3.58. The van der Waals surface area contributed by atoms with Crippen molar-refractivity contribution in [2.24, 2.45) is 0 Å². The van der Waals surface area contributed by atoms with Gasteiger partial charge in [0.2, 0.25) is 5.95 Å². The van der Waals surface area contributed by atoms with E-state index in [2.05, 4.69) is 31.9 Å². The predicted molar refractivity (Wildman–Crippen MR) is 98.8 cm³/mol. The van der Waals surface area contributed by atoms with Crippen LogP contribution in [0.1, 0.15) is 28.4 Å². The molecule has 0 bridgehead atoms. The number of hydrogen-bond acceptors (Lipinski definition) is 6. The van der Waals surface area contributed by atoms with Crippen LogP contribution in [0.3, 0.4) is 0 Å². The summed E-state index contributed by atoms with van der Waals surface area (Å²) in [6.45, 7) is 5.62. The topological polar surface area (TPSA) is 79.8 Å². The zero-order chi connectivity index (χ0) is 17.8. The van der Waals surface area contributed by atoms with Gasteiger partial charge in [-0.2, -0.15) is 10.1 Å². The number of Topliss-reactive ketones (excluding diaryl/α,β-unsaturated/α-hetero) is 1. The Morgan fingerprint density at radius 1 is 0.960 bits per heavy atom. The molecule has 0 aliphatic rings. The lowest BCUT2D eigenvalue weighted by atomic mass is 10.1. The highest BCUT2D eigenvalue weighted by molar-refractivity contribution is 5.95. The van der Waals surface area contributed by atoms with Crippen molar-refractivity contribution in [1.29, 1.82) is 0 Å². The van der Waals surface area contributed by atoms with Crippen molar-refractivity contribution in [3.05, 3.63) is 65.4 Å². The number of carbonyl (C=O) groups is 1.